The van der Waals surface area contributed by atoms with Crippen LogP contribution in [0.5, 0.6) is 0 Å². The van der Waals surface area contributed by atoms with E-state index >= 15 is 0 Å². The lowest BCUT2D eigenvalue weighted by molar-refractivity contribution is 0.0636. The van der Waals surface area contributed by atoms with E-state index in [1.165, 1.54) is 11.3 Å². The highest BCUT2D eigenvalue weighted by Crippen LogP contribution is 2.35. The molecule has 0 aliphatic heterocycles. The Morgan fingerprint density at radius 3 is 2.23 bits per heavy atom. The molecular formula is C24H26N2O3S. The molecular weight excluding hydrogens is 396 g/mol. The molecule has 0 radical (unpaired) electrons. The van der Waals surface area contributed by atoms with Crippen molar-refractivity contribution in [3.05, 3.63) is 77.9 Å². The lowest BCUT2D eigenvalue weighted by atomic mass is 10.1. The van der Waals surface area contributed by atoms with Gasteiger partial charge in [0, 0.05) is 11.4 Å². The first-order valence-corrected chi connectivity index (χ1v) is 10.6. The molecule has 0 aliphatic carbocycles. The molecule has 2 N–H and O–H groups in total. The van der Waals surface area contributed by atoms with Crippen LogP contribution in [0.2, 0.25) is 0 Å². The molecule has 1 aromatic heterocycles. The van der Waals surface area contributed by atoms with Crippen LogP contribution in [0.1, 0.15) is 36.7 Å². The van der Waals surface area contributed by atoms with Gasteiger partial charge in [0.1, 0.15) is 10.6 Å². The van der Waals surface area contributed by atoms with Crippen molar-refractivity contribution in [2.45, 2.75) is 32.8 Å². The van der Waals surface area contributed by atoms with Crippen LogP contribution >= 0.6 is 11.3 Å². The van der Waals surface area contributed by atoms with Crippen molar-refractivity contribution in [3.8, 4) is 10.4 Å². The van der Waals surface area contributed by atoms with Gasteiger partial charge in [0.2, 0.25) is 0 Å². The molecule has 156 valence electrons. The Morgan fingerprint density at radius 1 is 0.967 bits per heavy atom. The van der Waals surface area contributed by atoms with E-state index in [4.69, 9.17) is 4.74 Å². The monoisotopic (exact) mass is 422 g/mol. The van der Waals surface area contributed by atoms with Gasteiger partial charge in [-0.25, -0.2) is 4.79 Å². The molecule has 1 heterocycles. The van der Waals surface area contributed by atoms with Crippen molar-refractivity contribution in [2.24, 2.45) is 0 Å². The SMILES string of the molecule is CC(C)(C)OC(=O)Nc1sc(-c2ccccc2)cc1C(=O)NCCc1ccccc1. The van der Waals surface area contributed by atoms with Gasteiger partial charge in [-0.3, -0.25) is 10.1 Å². The molecule has 0 bridgehead atoms. The van der Waals surface area contributed by atoms with E-state index in [1.54, 1.807) is 20.8 Å². The van der Waals surface area contributed by atoms with Crippen LogP contribution in [0.25, 0.3) is 10.4 Å². The van der Waals surface area contributed by atoms with Gasteiger partial charge in [-0.05, 0) is 44.4 Å². The quantitative estimate of drug-likeness (QED) is 0.533. The van der Waals surface area contributed by atoms with Gasteiger partial charge in [0.05, 0.1) is 5.56 Å². The van der Waals surface area contributed by atoms with E-state index < -0.39 is 11.7 Å². The summed E-state index contributed by atoms with van der Waals surface area (Å²) in [5.74, 6) is -0.226. The highest BCUT2D eigenvalue weighted by molar-refractivity contribution is 7.20. The van der Waals surface area contributed by atoms with Crippen LogP contribution in [0, 0.1) is 0 Å². The number of amides is 2. The van der Waals surface area contributed by atoms with Gasteiger partial charge in [0.15, 0.2) is 0 Å². The molecule has 0 spiro atoms. The van der Waals surface area contributed by atoms with Crippen LogP contribution in [0.3, 0.4) is 0 Å². The van der Waals surface area contributed by atoms with Crippen LogP contribution in [-0.2, 0) is 11.2 Å². The number of ether oxygens (including phenoxy) is 1. The summed E-state index contributed by atoms with van der Waals surface area (Å²) in [4.78, 5) is 26.1. The van der Waals surface area contributed by atoms with Crippen LogP contribution < -0.4 is 10.6 Å². The first-order chi connectivity index (χ1) is 14.3. The maximum Gasteiger partial charge on any atom is 0.412 e. The van der Waals surface area contributed by atoms with Crippen LogP contribution in [0.15, 0.2) is 66.7 Å². The van der Waals surface area contributed by atoms with Gasteiger partial charge >= 0.3 is 6.09 Å². The average Bonchev–Trinajstić information content (AvgIpc) is 3.11. The van der Waals surface area contributed by atoms with E-state index in [9.17, 15) is 9.59 Å². The summed E-state index contributed by atoms with van der Waals surface area (Å²) in [5.41, 5.74) is 1.94. The summed E-state index contributed by atoms with van der Waals surface area (Å²) in [5, 5.41) is 6.17. The second kappa shape index (κ2) is 9.59. The van der Waals surface area contributed by atoms with Gasteiger partial charge < -0.3 is 10.1 Å². The summed E-state index contributed by atoms with van der Waals surface area (Å²) in [7, 11) is 0. The van der Waals surface area contributed by atoms with E-state index in [1.807, 2.05) is 66.7 Å². The number of hydrogen-bond donors (Lipinski definition) is 2. The topological polar surface area (TPSA) is 67.4 Å². The summed E-state index contributed by atoms with van der Waals surface area (Å²) >= 11 is 1.35. The number of carbonyl (C=O) groups excluding carboxylic acids is 2. The van der Waals surface area contributed by atoms with Crippen LogP contribution in [0.4, 0.5) is 9.80 Å². The molecule has 2 amide bonds. The zero-order valence-corrected chi connectivity index (χ0v) is 18.2. The molecule has 3 rings (SSSR count). The Bertz CT molecular complexity index is 992. The highest BCUT2D eigenvalue weighted by Gasteiger charge is 2.22. The van der Waals surface area contributed by atoms with Gasteiger partial charge in [-0.15, -0.1) is 11.3 Å². The van der Waals surface area contributed by atoms with E-state index in [2.05, 4.69) is 10.6 Å². The molecule has 2 aromatic carbocycles. The summed E-state index contributed by atoms with van der Waals surface area (Å²) in [6, 6.07) is 21.5. The van der Waals surface area contributed by atoms with E-state index in [0.29, 0.717) is 17.1 Å². The second-order valence-corrected chi connectivity index (χ2v) is 8.89. The van der Waals surface area contributed by atoms with Crippen molar-refractivity contribution in [3.63, 3.8) is 0 Å². The fraction of sp³-hybridized carbons (Fsp3) is 0.250. The average molecular weight is 423 g/mol. The number of thiophene rings is 1. The van der Waals surface area contributed by atoms with E-state index in [0.717, 1.165) is 22.4 Å². The fourth-order valence-corrected chi connectivity index (χ4v) is 3.90. The summed E-state index contributed by atoms with van der Waals surface area (Å²) in [6.45, 7) is 5.90. The normalized spacial score (nSPS) is 11.0. The maximum absolute atomic E-state index is 12.9. The zero-order valence-electron chi connectivity index (χ0n) is 17.4. The number of hydrogen-bond acceptors (Lipinski definition) is 4. The minimum absolute atomic E-state index is 0.226. The Morgan fingerprint density at radius 2 is 1.60 bits per heavy atom. The van der Waals surface area contributed by atoms with Gasteiger partial charge in [-0.1, -0.05) is 60.7 Å². The van der Waals surface area contributed by atoms with Gasteiger partial charge in [0.25, 0.3) is 5.91 Å². The largest absolute Gasteiger partial charge is 0.444 e. The van der Waals surface area contributed by atoms with Crippen molar-refractivity contribution in [1.82, 2.24) is 5.32 Å². The van der Waals surface area contributed by atoms with E-state index in [-0.39, 0.29) is 5.91 Å². The number of rotatable bonds is 6. The first kappa shape index (κ1) is 21.6. The molecule has 6 heteroatoms. The molecule has 0 saturated heterocycles. The Balaban J connectivity index is 1.77. The Kier molecular flexibility index (Phi) is 6.90. The van der Waals surface area contributed by atoms with Crippen molar-refractivity contribution in [1.29, 1.82) is 0 Å². The molecule has 0 saturated carbocycles. The molecule has 5 nitrogen and oxygen atoms in total. The molecule has 0 unspecified atom stereocenters. The summed E-state index contributed by atoms with van der Waals surface area (Å²) in [6.07, 6.45) is 0.152. The molecule has 3 aromatic rings. The van der Waals surface area contributed by atoms with Gasteiger partial charge in [-0.2, -0.15) is 0 Å². The lowest BCUT2D eigenvalue weighted by Crippen LogP contribution is -2.29. The number of nitrogens with one attached hydrogen (secondary N) is 2. The molecule has 0 aliphatic rings. The number of anilines is 1. The number of benzene rings is 2. The first-order valence-electron chi connectivity index (χ1n) is 9.83. The Labute approximate surface area is 181 Å². The third-order valence-corrected chi connectivity index (χ3v) is 5.29. The predicted molar refractivity (Wildman–Crippen MR) is 122 cm³/mol. The molecule has 0 atom stereocenters. The smallest absolute Gasteiger partial charge is 0.412 e. The molecule has 30 heavy (non-hydrogen) atoms. The van der Waals surface area contributed by atoms with Crippen molar-refractivity contribution < 1.29 is 14.3 Å². The summed E-state index contributed by atoms with van der Waals surface area (Å²) < 4.78 is 5.36. The minimum Gasteiger partial charge on any atom is -0.444 e. The third-order valence-electron chi connectivity index (χ3n) is 4.19. The highest BCUT2D eigenvalue weighted by atomic mass is 32.1. The zero-order chi connectivity index (χ0) is 21.6. The predicted octanol–water partition coefficient (Wildman–Crippen LogP) is 5.73. The lowest BCUT2D eigenvalue weighted by Gasteiger charge is -2.19. The maximum atomic E-state index is 12.9. The number of carbonyl (C=O) groups is 2. The molecule has 0 fully saturated rings. The standard InChI is InChI=1S/C24H26N2O3S/c1-24(2,3)29-23(28)26-22-19(16-20(30-22)18-12-8-5-9-13-18)21(27)25-15-14-17-10-6-4-7-11-17/h4-13,16H,14-15H2,1-3H3,(H,25,27)(H,26,28). The Hall–Kier alpha value is -3.12. The van der Waals surface area contributed by atoms with Crippen LogP contribution in [-0.4, -0.2) is 24.1 Å². The fourth-order valence-electron chi connectivity index (χ4n) is 2.85. The second-order valence-electron chi connectivity index (χ2n) is 7.84. The van der Waals surface area contributed by atoms with Crippen molar-refractivity contribution >= 4 is 28.3 Å². The minimum atomic E-state index is -0.623. The third kappa shape index (κ3) is 6.19. The van der Waals surface area contributed by atoms with Crippen molar-refractivity contribution in [2.75, 3.05) is 11.9 Å².